The average Bonchev–Trinajstić information content (AvgIpc) is 3.24. The molecule has 2 aromatic carbocycles. The second-order valence-electron chi connectivity index (χ2n) is 5.39. The first-order valence-corrected chi connectivity index (χ1v) is 9.57. The monoisotopic (exact) mass is 408 g/mol. The number of benzene rings is 2. The summed E-state index contributed by atoms with van der Waals surface area (Å²) in [7, 11) is -4.01. The molecule has 26 heavy (non-hydrogen) atoms. The van der Waals surface area contributed by atoms with Crippen molar-refractivity contribution in [2.45, 2.75) is 4.90 Å². The highest BCUT2D eigenvalue weighted by Gasteiger charge is 2.21. The first-order valence-electron chi connectivity index (χ1n) is 7.33. The number of hydrogen-bond acceptors (Lipinski definition) is 5. The van der Waals surface area contributed by atoms with Crippen LogP contribution >= 0.6 is 23.2 Å². The summed E-state index contributed by atoms with van der Waals surface area (Å²) < 4.78 is 37.9. The molecule has 6 nitrogen and oxygen atoms in total. The zero-order valence-electron chi connectivity index (χ0n) is 12.9. The van der Waals surface area contributed by atoms with Crippen LogP contribution in [0.1, 0.15) is 0 Å². The van der Waals surface area contributed by atoms with Crippen LogP contribution in [0.15, 0.2) is 68.7 Å². The van der Waals surface area contributed by atoms with Gasteiger partial charge in [-0.05, 0) is 42.0 Å². The Bertz CT molecular complexity index is 1200. The normalized spacial score (nSPS) is 11.8. The van der Waals surface area contributed by atoms with Gasteiger partial charge in [0.25, 0.3) is 10.0 Å². The Kier molecular flexibility index (Phi) is 4.14. The van der Waals surface area contributed by atoms with Crippen LogP contribution in [-0.4, -0.2) is 13.4 Å². The molecule has 2 aromatic heterocycles. The number of nitrogens with zero attached hydrogens (tertiary/aromatic N) is 1. The minimum absolute atomic E-state index is 0.0419. The Morgan fingerprint density at radius 3 is 2.62 bits per heavy atom. The molecule has 0 spiro atoms. The van der Waals surface area contributed by atoms with Gasteiger partial charge in [0.15, 0.2) is 5.58 Å². The number of nitrogens with one attached hydrogen (secondary N) is 1. The lowest BCUT2D eigenvalue weighted by Crippen LogP contribution is -2.13. The molecular formula is C17H10Cl2N2O4S. The molecule has 0 fully saturated rings. The first kappa shape index (κ1) is 17.0. The van der Waals surface area contributed by atoms with E-state index in [2.05, 4.69) is 9.71 Å². The standard InChI is InChI=1S/C17H10Cl2N2O4S/c18-12-2-3-13(19)16(8-12)26(22,23)21-17-20-14-7-10(1-4-15(14)25-17)11-5-6-24-9-11/h1-9H,(H,20,21). The van der Waals surface area contributed by atoms with Crippen molar-refractivity contribution in [2.24, 2.45) is 0 Å². The zero-order valence-corrected chi connectivity index (χ0v) is 15.3. The Hall–Kier alpha value is -2.48. The van der Waals surface area contributed by atoms with Gasteiger partial charge in [0.05, 0.1) is 17.5 Å². The third-order valence-electron chi connectivity index (χ3n) is 3.65. The molecular weight excluding hydrogens is 399 g/mol. The number of rotatable bonds is 4. The molecule has 0 bridgehead atoms. The maximum absolute atomic E-state index is 12.5. The van der Waals surface area contributed by atoms with E-state index in [1.807, 2.05) is 12.1 Å². The van der Waals surface area contributed by atoms with Crippen LogP contribution in [-0.2, 0) is 10.0 Å². The van der Waals surface area contributed by atoms with E-state index >= 15 is 0 Å². The molecule has 4 rings (SSSR count). The molecule has 0 aliphatic heterocycles. The van der Waals surface area contributed by atoms with E-state index in [4.69, 9.17) is 32.0 Å². The van der Waals surface area contributed by atoms with Crippen LogP contribution in [0, 0.1) is 0 Å². The van der Waals surface area contributed by atoms with Crippen LogP contribution in [0.5, 0.6) is 0 Å². The Morgan fingerprint density at radius 2 is 1.85 bits per heavy atom. The predicted octanol–water partition coefficient (Wildman–Crippen LogP) is 5.20. The van der Waals surface area contributed by atoms with Crippen molar-refractivity contribution >= 4 is 50.3 Å². The fourth-order valence-corrected chi connectivity index (χ4v) is 4.13. The summed E-state index contributed by atoms with van der Waals surface area (Å²) in [6.45, 7) is 0. The molecule has 0 amide bonds. The number of anilines is 1. The molecule has 0 unspecified atom stereocenters. The van der Waals surface area contributed by atoms with Crippen molar-refractivity contribution < 1.29 is 17.3 Å². The third kappa shape index (κ3) is 3.16. The summed E-state index contributed by atoms with van der Waals surface area (Å²) in [5.41, 5.74) is 2.68. The molecule has 0 aliphatic carbocycles. The largest absolute Gasteiger partial charge is 0.472 e. The lowest BCUT2D eigenvalue weighted by Gasteiger charge is -2.06. The van der Waals surface area contributed by atoms with Crippen LogP contribution in [0.3, 0.4) is 0 Å². The zero-order chi connectivity index (χ0) is 18.3. The fourth-order valence-electron chi connectivity index (χ4n) is 2.43. The maximum Gasteiger partial charge on any atom is 0.309 e. The van der Waals surface area contributed by atoms with Crippen LogP contribution in [0.25, 0.3) is 22.2 Å². The molecule has 0 radical (unpaired) electrons. The quantitative estimate of drug-likeness (QED) is 0.501. The highest BCUT2D eigenvalue weighted by molar-refractivity contribution is 7.92. The predicted molar refractivity (Wildman–Crippen MR) is 99.0 cm³/mol. The molecule has 0 saturated carbocycles. The smallest absolute Gasteiger partial charge is 0.309 e. The van der Waals surface area contributed by atoms with E-state index in [1.54, 1.807) is 24.7 Å². The highest BCUT2D eigenvalue weighted by atomic mass is 35.5. The van der Waals surface area contributed by atoms with E-state index in [0.717, 1.165) is 11.1 Å². The molecule has 2 heterocycles. The summed E-state index contributed by atoms with van der Waals surface area (Å²) >= 11 is 11.8. The summed E-state index contributed by atoms with van der Waals surface area (Å²) in [5.74, 6) is 0. The van der Waals surface area contributed by atoms with E-state index in [9.17, 15) is 8.42 Å². The number of hydrogen-bond donors (Lipinski definition) is 1. The molecule has 0 aliphatic rings. The number of aromatic nitrogens is 1. The maximum atomic E-state index is 12.5. The van der Waals surface area contributed by atoms with E-state index in [1.165, 1.54) is 18.2 Å². The van der Waals surface area contributed by atoms with E-state index < -0.39 is 10.0 Å². The van der Waals surface area contributed by atoms with E-state index in [0.29, 0.717) is 11.1 Å². The second-order valence-corrected chi connectivity index (χ2v) is 7.89. The summed E-state index contributed by atoms with van der Waals surface area (Å²) in [5, 5.41) is 0.289. The highest BCUT2D eigenvalue weighted by Crippen LogP contribution is 2.29. The Morgan fingerprint density at radius 1 is 1.00 bits per heavy atom. The van der Waals surface area contributed by atoms with E-state index in [-0.39, 0.29) is 21.0 Å². The minimum Gasteiger partial charge on any atom is -0.472 e. The molecule has 0 saturated heterocycles. The van der Waals surface area contributed by atoms with Gasteiger partial charge in [-0.15, -0.1) is 0 Å². The third-order valence-corrected chi connectivity index (χ3v) is 5.68. The number of furan rings is 1. The van der Waals surface area contributed by atoms with Crippen LogP contribution < -0.4 is 4.72 Å². The fraction of sp³-hybridized carbons (Fsp3) is 0. The SMILES string of the molecule is O=S(=O)(Nc1nc2cc(-c3ccoc3)ccc2o1)c1cc(Cl)ccc1Cl. The second kappa shape index (κ2) is 6.35. The average molecular weight is 409 g/mol. The summed E-state index contributed by atoms with van der Waals surface area (Å²) in [6, 6.07) is 11.1. The first-order chi connectivity index (χ1) is 12.4. The lowest BCUT2D eigenvalue weighted by atomic mass is 10.1. The van der Waals surface area contributed by atoms with Gasteiger partial charge in [-0.1, -0.05) is 29.3 Å². The molecule has 9 heteroatoms. The van der Waals surface area contributed by atoms with Gasteiger partial charge in [-0.2, -0.15) is 4.98 Å². The molecule has 4 aromatic rings. The van der Waals surface area contributed by atoms with Gasteiger partial charge in [0.2, 0.25) is 0 Å². The van der Waals surface area contributed by atoms with Crippen molar-refractivity contribution in [1.29, 1.82) is 0 Å². The van der Waals surface area contributed by atoms with Gasteiger partial charge >= 0.3 is 6.01 Å². The summed E-state index contributed by atoms with van der Waals surface area (Å²) in [6.07, 6.45) is 3.17. The number of fused-ring (bicyclic) bond motifs is 1. The Labute approximate surface area is 158 Å². The topological polar surface area (TPSA) is 85.3 Å². The minimum atomic E-state index is -4.01. The van der Waals surface area contributed by atoms with Crippen molar-refractivity contribution in [1.82, 2.24) is 4.98 Å². The van der Waals surface area contributed by atoms with Gasteiger partial charge in [-0.25, -0.2) is 13.1 Å². The van der Waals surface area contributed by atoms with Gasteiger partial charge < -0.3 is 8.83 Å². The number of oxazole rings is 1. The van der Waals surface area contributed by atoms with Crippen LogP contribution in [0.2, 0.25) is 10.0 Å². The van der Waals surface area contributed by atoms with Crippen molar-refractivity contribution in [3.05, 3.63) is 65.0 Å². The summed E-state index contributed by atoms with van der Waals surface area (Å²) in [4.78, 5) is 4.02. The van der Waals surface area contributed by atoms with Gasteiger partial charge in [0.1, 0.15) is 10.4 Å². The number of sulfonamides is 1. The van der Waals surface area contributed by atoms with Crippen molar-refractivity contribution in [3.63, 3.8) is 0 Å². The van der Waals surface area contributed by atoms with Crippen molar-refractivity contribution in [3.8, 4) is 11.1 Å². The number of halogens is 2. The Balaban J connectivity index is 1.70. The molecule has 0 atom stereocenters. The lowest BCUT2D eigenvalue weighted by molar-refractivity contribution is 0.568. The van der Waals surface area contributed by atoms with Crippen molar-refractivity contribution in [2.75, 3.05) is 4.72 Å². The van der Waals surface area contributed by atoms with Gasteiger partial charge in [0, 0.05) is 10.6 Å². The molecule has 1 N–H and O–H groups in total. The van der Waals surface area contributed by atoms with Gasteiger partial charge in [-0.3, -0.25) is 0 Å². The molecule has 132 valence electrons. The van der Waals surface area contributed by atoms with Crippen LogP contribution in [0.4, 0.5) is 6.01 Å².